The van der Waals surface area contributed by atoms with Crippen molar-refractivity contribution in [2.75, 3.05) is 49.1 Å². The Labute approximate surface area is 431 Å². The van der Waals surface area contributed by atoms with Crippen molar-refractivity contribution >= 4 is 69.4 Å². The predicted octanol–water partition coefficient (Wildman–Crippen LogP) is 11.3. The van der Waals surface area contributed by atoms with E-state index in [0.717, 1.165) is 75.7 Å². The van der Waals surface area contributed by atoms with Crippen molar-refractivity contribution in [3.05, 3.63) is 112 Å². The molecule has 3 aromatic carbocycles. The van der Waals surface area contributed by atoms with Crippen LogP contribution in [0, 0.1) is 11.3 Å². The van der Waals surface area contributed by atoms with Crippen LogP contribution in [0.15, 0.2) is 105 Å². The van der Waals surface area contributed by atoms with E-state index in [0.29, 0.717) is 79.1 Å². The zero-order valence-electron chi connectivity index (χ0n) is 41.1. The molecule has 0 spiro atoms. The number of benzene rings is 3. The third kappa shape index (κ3) is 12.4. The zero-order chi connectivity index (χ0) is 51.8. The minimum absolute atomic E-state index is 0.00643. The van der Waals surface area contributed by atoms with Gasteiger partial charge in [0.1, 0.15) is 17.1 Å². The van der Waals surface area contributed by atoms with E-state index in [1.165, 1.54) is 29.0 Å². The Hall–Kier alpha value is -4.95. The van der Waals surface area contributed by atoms with Gasteiger partial charge in [0.25, 0.3) is 25.8 Å². The highest BCUT2D eigenvalue weighted by Crippen LogP contribution is 2.44. The molecule has 0 atom stereocenters. The summed E-state index contributed by atoms with van der Waals surface area (Å²) in [6, 6.07) is 18.8. The second-order valence-electron chi connectivity index (χ2n) is 20.8. The fourth-order valence-electron chi connectivity index (χ4n) is 10.7. The summed E-state index contributed by atoms with van der Waals surface area (Å²) in [6.45, 7) is 8.22. The van der Waals surface area contributed by atoms with Gasteiger partial charge in [-0.1, -0.05) is 55.6 Å². The number of piperazine rings is 1. The number of aryl methyl sites for hydroxylation is 1. The minimum atomic E-state index is -6.02. The molecule has 20 heteroatoms. The molecule has 0 bridgehead atoms. The molecule has 3 fully saturated rings. The van der Waals surface area contributed by atoms with E-state index in [2.05, 4.69) is 45.7 Å². The number of fused-ring (bicyclic) bond motifs is 1. The third-order valence-corrected chi connectivity index (χ3v) is 20.6. The van der Waals surface area contributed by atoms with Crippen LogP contribution in [0.5, 0.6) is 11.5 Å². The van der Waals surface area contributed by atoms with Crippen molar-refractivity contribution in [1.82, 2.24) is 19.6 Å². The first kappa shape index (κ1) is 52.9. The zero-order valence-corrected chi connectivity index (χ0v) is 44.3. The molecule has 2 aliphatic heterocycles. The lowest BCUT2D eigenvalue weighted by Crippen LogP contribution is -2.47. The number of nitrogens with one attached hydrogen (secondary N) is 2. The summed E-state index contributed by atoms with van der Waals surface area (Å²) in [4.78, 5) is 24.1. The number of alkyl halides is 3. The van der Waals surface area contributed by atoms with Gasteiger partial charge < -0.3 is 14.6 Å². The molecule has 1 amide bonds. The summed E-state index contributed by atoms with van der Waals surface area (Å²) >= 11 is 6.25. The van der Waals surface area contributed by atoms with Crippen molar-refractivity contribution in [3.63, 3.8) is 0 Å². The Kier molecular flexibility index (Phi) is 15.5. The number of nitrogens with zero attached hydrogens (tertiary/aromatic N) is 4. The van der Waals surface area contributed by atoms with Crippen LogP contribution in [0.3, 0.4) is 0 Å². The van der Waals surface area contributed by atoms with E-state index in [1.54, 1.807) is 30.5 Å². The molecule has 0 unspecified atom stereocenters. The number of aromatic nitrogens is 2. The number of H-pyrrole nitrogens is 1. The van der Waals surface area contributed by atoms with Crippen LogP contribution in [0.2, 0.25) is 5.02 Å². The SMILES string of the molecule is CC1(C)CCC(CN2CCN(c3ccc(C(=O)NS(=O)(=O)c4ccc(CCC5CCC(N=S6(=O)CCCCC6)CC5)c(S(=O)(=O)C(F)(F)F)c4)c(Oc4cnc5[nH]ccc5c4)c3)CC2)=C(c2ccc(Cl)cc2)C1. The second-order valence-corrected chi connectivity index (χ2v) is 27.4. The molecule has 5 aromatic rings. The van der Waals surface area contributed by atoms with Crippen LogP contribution < -0.4 is 14.4 Å². The van der Waals surface area contributed by atoms with Gasteiger partial charge >= 0.3 is 5.51 Å². The largest absolute Gasteiger partial charge is 0.501 e. The molecule has 0 radical (unpaired) electrons. The standard InChI is InChI=1S/C53H62ClF3N6O7S3/c1-52(2)22-20-40(47(33-52)37-10-13-41(54)14-11-37)35-62-24-26-63(27-25-62)43-17-19-46(48(31-43)70-44-30-39-21-23-58-50(39)59-34-44)51(64)61-73(68,69)45-18-12-38(49(32-45)72(66,67)53(55,56)57)9-6-36-7-15-42(16-8-36)60-71(65)28-4-3-5-29-71/h10-14,17-19,21,23,30-32,34,36,42H,3-9,15-16,20,22,24-29,33,35H2,1-2H3,(H,58,59)(H,61,64). The van der Waals surface area contributed by atoms with Gasteiger partial charge in [-0.2, -0.15) is 13.2 Å². The number of amides is 1. The van der Waals surface area contributed by atoms with Crippen LogP contribution in [-0.2, 0) is 36.0 Å². The van der Waals surface area contributed by atoms with Gasteiger partial charge in [-0.05, 0) is 147 Å². The molecule has 1 saturated carbocycles. The Balaban J connectivity index is 0.922. The van der Waals surface area contributed by atoms with Gasteiger partial charge in [-0.3, -0.25) is 9.69 Å². The molecule has 13 nitrogen and oxygen atoms in total. The van der Waals surface area contributed by atoms with Crippen molar-refractivity contribution in [2.45, 2.75) is 112 Å². The number of allylic oxidation sites excluding steroid dienone is 1. The van der Waals surface area contributed by atoms with Gasteiger partial charge in [-0.25, -0.2) is 35.1 Å². The van der Waals surface area contributed by atoms with Crippen molar-refractivity contribution < 1.29 is 43.7 Å². The molecule has 4 aliphatic rings. The van der Waals surface area contributed by atoms with E-state index < -0.39 is 50.8 Å². The number of ether oxygens (including phenoxy) is 1. The van der Waals surface area contributed by atoms with E-state index in [1.807, 2.05) is 16.9 Å². The highest BCUT2D eigenvalue weighted by atomic mass is 35.5. The Bertz CT molecular complexity index is 3240. The first-order chi connectivity index (χ1) is 34.6. The fraction of sp³-hybridized carbons (Fsp3) is 0.472. The molecule has 2 aromatic heterocycles. The molecule has 392 valence electrons. The van der Waals surface area contributed by atoms with Crippen LogP contribution in [0.4, 0.5) is 18.9 Å². The molecule has 9 rings (SSSR count). The van der Waals surface area contributed by atoms with E-state index in [4.69, 9.17) is 20.7 Å². The number of hydrogen-bond donors (Lipinski definition) is 2. The number of carbonyl (C=O) groups is 1. The molecule has 2 saturated heterocycles. The molecular formula is C53H62ClF3N6O7S3. The number of sulfonamides is 1. The van der Waals surface area contributed by atoms with Gasteiger partial charge in [0.05, 0.1) is 27.6 Å². The Morgan fingerprint density at radius 1 is 0.932 bits per heavy atom. The summed E-state index contributed by atoms with van der Waals surface area (Å²) in [7, 11) is -13.2. The normalized spacial score (nSPS) is 21.0. The van der Waals surface area contributed by atoms with E-state index >= 15 is 0 Å². The smallest absolute Gasteiger partial charge is 0.455 e. The highest BCUT2D eigenvalue weighted by Gasteiger charge is 2.48. The summed E-state index contributed by atoms with van der Waals surface area (Å²) in [5.41, 5.74) is -0.646. The summed E-state index contributed by atoms with van der Waals surface area (Å²) in [6.07, 6.45) is 12.1. The number of hydrogen-bond acceptors (Lipinski definition) is 11. The van der Waals surface area contributed by atoms with E-state index in [9.17, 15) is 39.0 Å². The first-order valence-electron chi connectivity index (χ1n) is 25.1. The van der Waals surface area contributed by atoms with Crippen molar-refractivity contribution in [2.24, 2.45) is 15.7 Å². The number of pyridine rings is 1. The number of carbonyl (C=O) groups excluding carboxylic acids is 1. The van der Waals surface area contributed by atoms with Crippen LogP contribution in [0.25, 0.3) is 16.6 Å². The van der Waals surface area contributed by atoms with Gasteiger partial charge in [0.2, 0.25) is 0 Å². The second kappa shape index (κ2) is 21.4. The fourth-order valence-corrected chi connectivity index (χ4v) is 15.4. The highest BCUT2D eigenvalue weighted by molar-refractivity contribution is 7.93. The number of sulfone groups is 1. The maximum atomic E-state index is 14.2. The van der Waals surface area contributed by atoms with Crippen LogP contribution in [-0.4, -0.2) is 97.6 Å². The maximum absolute atomic E-state index is 14.2. The quantitative estimate of drug-likeness (QED) is 0.109. The Morgan fingerprint density at radius 2 is 1.66 bits per heavy atom. The summed E-state index contributed by atoms with van der Waals surface area (Å²) in [5, 5.41) is 1.41. The number of rotatable bonds is 14. The van der Waals surface area contributed by atoms with Crippen LogP contribution >= 0.6 is 11.6 Å². The van der Waals surface area contributed by atoms with Crippen molar-refractivity contribution in [3.8, 4) is 11.5 Å². The Morgan fingerprint density at radius 3 is 2.37 bits per heavy atom. The number of anilines is 1. The summed E-state index contributed by atoms with van der Waals surface area (Å²) in [5.74, 6) is 0.367. The third-order valence-electron chi connectivity index (χ3n) is 14.9. The lowest BCUT2D eigenvalue weighted by molar-refractivity contribution is -0.0436. The molecule has 4 heterocycles. The monoisotopic (exact) mass is 1080 g/mol. The average molecular weight is 1080 g/mol. The van der Waals surface area contributed by atoms with Gasteiger partial charge in [0.15, 0.2) is 0 Å². The maximum Gasteiger partial charge on any atom is 0.501 e. The van der Waals surface area contributed by atoms with Gasteiger partial charge in [0, 0.05) is 82.3 Å². The lowest BCUT2D eigenvalue weighted by atomic mass is 9.72. The average Bonchev–Trinajstić information content (AvgIpc) is 3.82. The minimum Gasteiger partial charge on any atom is -0.455 e. The molecule has 2 N–H and O–H groups in total. The van der Waals surface area contributed by atoms with E-state index in [-0.39, 0.29) is 46.4 Å². The van der Waals surface area contributed by atoms with Crippen molar-refractivity contribution in [1.29, 1.82) is 0 Å². The van der Waals surface area contributed by atoms with Crippen LogP contribution in [0.1, 0.15) is 106 Å². The molecule has 2 aliphatic carbocycles. The van der Waals surface area contributed by atoms with Gasteiger partial charge in [-0.15, -0.1) is 0 Å². The number of halogens is 4. The first-order valence-corrected chi connectivity index (χ1v) is 30.3. The molecular weight excluding hydrogens is 1020 g/mol. The lowest BCUT2D eigenvalue weighted by Gasteiger charge is -2.39. The summed E-state index contributed by atoms with van der Waals surface area (Å²) < 4.78 is 123. The number of aromatic amines is 1. The predicted molar refractivity (Wildman–Crippen MR) is 280 cm³/mol. The molecule has 73 heavy (non-hydrogen) atoms. The topological polar surface area (TPSA) is 171 Å².